The monoisotopic (exact) mass is 245 g/mol. The highest BCUT2D eigenvalue weighted by molar-refractivity contribution is 6.08. The highest BCUT2D eigenvalue weighted by Crippen LogP contribution is 2.31. The summed E-state index contributed by atoms with van der Waals surface area (Å²) in [7, 11) is 2.14. The molecule has 0 radical (unpaired) electrons. The average molecular weight is 245 g/mol. The zero-order valence-corrected chi connectivity index (χ0v) is 10.8. The third-order valence-corrected chi connectivity index (χ3v) is 3.83. The SMILES string of the molecule is CN1CCN(c2cccc3c2C(=O)CCN3)CC1. The second-order valence-corrected chi connectivity index (χ2v) is 5.09. The zero-order chi connectivity index (χ0) is 12.5. The molecule has 18 heavy (non-hydrogen) atoms. The van der Waals surface area contributed by atoms with Crippen LogP contribution in [0.15, 0.2) is 18.2 Å². The van der Waals surface area contributed by atoms with Crippen LogP contribution >= 0.6 is 0 Å². The van der Waals surface area contributed by atoms with Gasteiger partial charge in [-0.25, -0.2) is 0 Å². The smallest absolute Gasteiger partial charge is 0.168 e. The summed E-state index contributed by atoms with van der Waals surface area (Å²) in [5, 5.41) is 3.32. The number of piperazine rings is 1. The van der Waals surface area contributed by atoms with E-state index in [2.05, 4.69) is 28.2 Å². The Balaban J connectivity index is 1.94. The van der Waals surface area contributed by atoms with E-state index in [0.717, 1.165) is 49.7 Å². The Morgan fingerprint density at radius 3 is 2.72 bits per heavy atom. The van der Waals surface area contributed by atoms with Gasteiger partial charge in [0.2, 0.25) is 0 Å². The number of anilines is 2. The second-order valence-electron chi connectivity index (χ2n) is 5.09. The van der Waals surface area contributed by atoms with Crippen molar-refractivity contribution in [1.29, 1.82) is 0 Å². The van der Waals surface area contributed by atoms with Gasteiger partial charge in [-0.05, 0) is 19.2 Å². The van der Waals surface area contributed by atoms with Crippen LogP contribution in [0.5, 0.6) is 0 Å². The maximum absolute atomic E-state index is 12.1. The summed E-state index contributed by atoms with van der Waals surface area (Å²) in [6.07, 6.45) is 0.609. The molecular formula is C14H19N3O. The molecule has 1 fully saturated rings. The lowest BCUT2D eigenvalue weighted by Gasteiger charge is -2.36. The number of nitrogens with zero attached hydrogens (tertiary/aromatic N) is 2. The van der Waals surface area contributed by atoms with E-state index >= 15 is 0 Å². The summed E-state index contributed by atoms with van der Waals surface area (Å²) < 4.78 is 0. The van der Waals surface area contributed by atoms with Crippen LogP contribution in [-0.2, 0) is 0 Å². The van der Waals surface area contributed by atoms with Gasteiger partial charge in [0.1, 0.15) is 0 Å². The van der Waals surface area contributed by atoms with Gasteiger partial charge < -0.3 is 15.1 Å². The molecule has 0 aromatic heterocycles. The van der Waals surface area contributed by atoms with E-state index in [1.54, 1.807) is 0 Å². The fraction of sp³-hybridized carbons (Fsp3) is 0.500. The second kappa shape index (κ2) is 4.61. The molecule has 0 aliphatic carbocycles. The van der Waals surface area contributed by atoms with Crippen molar-refractivity contribution >= 4 is 17.2 Å². The molecule has 1 aromatic carbocycles. The number of hydrogen-bond donors (Lipinski definition) is 1. The Labute approximate surface area is 108 Å². The standard InChI is InChI=1S/C14H19N3O/c1-16-7-9-17(10-8-16)12-4-2-3-11-14(12)13(18)5-6-15-11/h2-4,15H,5-10H2,1H3. The van der Waals surface area contributed by atoms with Crippen molar-refractivity contribution in [3.63, 3.8) is 0 Å². The van der Waals surface area contributed by atoms with Crippen molar-refractivity contribution in [2.45, 2.75) is 6.42 Å². The van der Waals surface area contributed by atoms with Crippen LogP contribution in [0.4, 0.5) is 11.4 Å². The van der Waals surface area contributed by atoms with E-state index in [1.807, 2.05) is 12.1 Å². The number of carbonyl (C=O) groups is 1. The van der Waals surface area contributed by atoms with Gasteiger partial charge in [-0.2, -0.15) is 0 Å². The van der Waals surface area contributed by atoms with Crippen LogP contribution in [0.1, 0.15) is 16.8 Å². The number of ketones is 1. The highest BCUT2D eigenvalue weighted by Gasteiger charge is 2.24. The van der Waals surface area contributed by atoms with Crippen LogP contribution in [0.25, 0.3) is 0 Å². The molecule has 2 aliphatic rings. The number of benzene rings is 1. The molecule has 0 spiro atoms. The maximum Gasteiger partial charge on any atom is 0.168 e. The molecule has 4 heteroatoms. The van der Waals surface area contributed by atoms with E-state index in [0.29, 0.717) is 6.42 Å². The van der Waals surface area contributed by atoms with E-state index in [9.17, 15) is 4.79 Å². The van der Waals surface area contributed by atoms with Gasteiger partial charge in [0.05, 0.1) is 5.56 Å². The van der Waals surface area contributed by atoms with Crippen molar-refractivity contribution in [1.82, 2.24) is 4.90 Å². The third-order valence-electron chi connectivity index (χ3n) is 3.83. The van der Waals surface area contributed by atoms with Crippen LogP contribution in [0.3, 0.4) is 0 Å². The molecule has 0 bridgehead atoms. The first-order chi connectivity index (χ1) is 8.75. The van der Waals surface area contributed by atoms with E-state index in [1.165, 1.54) is 0 Å². The van der Waals surface area contributed by atoms with E-state index in [-0.39, 0.29) is 5.78 Å². The third kappa shape index (κ3) is 1.97. The molecule has 0 unspecified atom stereocenters. The van der Waals surface area contributed by atoms with Crippen molar-refractivity contribution in [2.75, 3.05) is 50.0 Å². The van der Waals surface area contributed by atoms with Gasteiger partial charge in [-0.15, -0.1) is 0 Å². The minimum Gasteiger partial charge on any atom is -0.384 e. The summed E-state index contributed by atoms with van der Waals surface area (Å²) in [6, 6.07) is 6.12. The first kappa shape index (κ1) is 11.5. The van der Waals surface area contributed by atoms with Gasteiger partial charge in [-0.1, -0.05) is 6.07 Å². The Bertz CT molecular complexity index is 464. The van der Waals surface area contributed by atoms with Gasteiger partial charge in [-0.3, -0.25) is 4.79 Å². The lowest BCUT2D eigenvalue weighted by Crippen LogP contribution is -2.45. The van der Waals surface area contributed by atoms with Crippen LogP contribution in [-0.4, -0.2) is 50.5 Å². The van der Waals surface area contributed by atoms with Crippen LogP contribution < -0.4 is 10.2 Å². The van der Waals surface area contributed by atoms with Crippen LogP contribution in [0.2, 0.25) is 0 Å². The maximum atomic E-state index is 12.1. The van der Waals surface area contributed by atoms with Gasteiger partial charge in [0.15, 0.2) is 5.78 Å². The Morgan fingerprint density at radius 2 is 1.94 bits per heavy atom. The number of carbonyl (C=O) groups excluding carboxylic acids is 1. The summed E-state index contributed by atoms with van der Waals surface area (Å²) in [5.41, 5.74) is 3.01. The quantitative estimate of drug-likeness (QED) is 0.812. The predicted molar refractivity (Wildman–Crippen MR) is 73.6 cm³/mol. The molecule has 2 aliphatic heterocycles. The molecule has 96 valence electrons. The average Bonchev–Trinajstić information content (AvgIpc) is 2.39. The van der Waals surface area contributed by atoms with Crippen LogP contribution in [0, 0.1) is 0 Å². The summed E-state index contributed by atoms with van der Waals surface area (Å²) >= 11 is 0. The Kier molecular flexibility index (Phi) is 2.96. The predicted octanol–water partition coefficient (Wildman–Crippen LogP) is 1.44. The summed E-state index contributed by atoms with van der Waals surface area (Å²) in [4.78, 5) is 16.8. The summed E-state index contributed by atoms with van der Waals surface area (Å²) in [5.74, 6) is 0.276. The molecule has 1 N–H and O–H groups in total. The first-order valence-corrected chi connectivity index (χ1v) is 6.59. The summed E-state index contributed by atoms with van der Waals surface area (Å²) in [6.45, 7) is 4.88. The van der Waals surface area contributed by atoms with Crippen molar-refractivity contribution < 1.29 is 4.79 Å². The molecule has 2 heterocycles. The number of fused-ring (bicyclic) bond motifs is 1. The molecule has 1 aromatic rings. The lowest BCUT2D eigenvalue weighted by atomic mass is 9.99. The molecule has 0 amide bonds. The van der Waals surface area contributed by atoms with Crippen molar-refractivity contribution in [3.05, 3.63) is 23.8 Å². The Hall–Kier alpha value is -1.55. The highest BCUT2D eigenvalue weighted by atomic mass is 16.1. The number of likely N-dealkylation sites (N-methyl/N-ethyl adjacent to an activating group) is 1. The van der Waals surface area contributed by atoms with Gasteiger partial charge >= 0.3 is 0 Å². The van der Waals surface area contributed by atoms with E-state index < -0.39 is 0 Å². The number of rotatable bonds is 1. The lowest BCUT2D eigenvalue weighted by molar-refractivity contribution is 0.0984. The number of nitrogens with one attached hydrogen (secondary N) is 1. The zero-order valence-electron chi connectivity index (χ0n) is 10.8. The number of hydrogen-bond acceptors (Lipinski definition) is 4. The fourth-order valence-electron chi connectivity index (χ4n) is 2.73. The van der Waals surface area contributed by atoms with E-state index in [4.69, 9.17) is 0 Å². The normalized spacial score (nSPS) is 20.5. The topological polar surface area (TPSA) is 35.6 Å². The van der Waals surface area contributed by atoms with Crippen molar-refractivity contribution in [3.8, 4) is 0 Å². The molecule has 0 atom stereocenters. The minimum atomic E-state index is 0.276. The first-order valence-electron chi connectivity index (χ1n) is 6.59. The molecular weight excluding hydrogens is 226 g/mol. The van der Waals surface area contributed by atoms with Gasteiger partial charge in [0.25, 0.3) is 0 Å². The van der Waals surface area contributed by atoms with Crippen molar-refractivity contribution in [2.24, 2.45) is 0 Å². The molecule has 4 nitrogen and oxygen atoms in total. The molecule has 1 saturated heterocycles. The molecule has 3 rings (SSSR count). The minimum absolute atomic E-state index is 0.276. The molecule has 0 saturated carbocycles. The van der Waals surface area contributed by atoms with Gasteiger partial charge in [0, 0.05) is 50.5 Å². The Morgan fingerprint density at radius 1 is 1.17 bits per heavy atom. The fourth-order valence-corrected chi connectivity index (χ4v) is 2.73. The largest absolute Gasteiger partial charge is 0.384 e. The number of Topliss-reactive ketones (excluding diaryl/α,β-unsaturated/α-hetero) is 1.